The van der Waals surface area contributed by atoms with Crippen LogP contribution in [0, 0.1) is 5.82 Å². The second-order valence-electron chi connectivity index (χ2n) is 8.97. The Hall–Kier alpha value is -3.10. The quantitative estimate of drug-likeness (QED) is 0.586. The zero-order valence-corrected chi connectivity index (χ0v) is 19.6. The summed E-state index contributed by atoms with van der Waals surface area (Å²) in [6, 6.07) is 12.0. The minimum atomic E-state index is -0.981. The van der Waals surface area contributed by atoms with E-state index in [0.29, 0.717) is 44.5 Å². The number of rotatable bonds is 7. The minimum Gasteiger partial charge on any atom is -0.379 e. The first-order chi connectivity index (χ1) is 16.4. The summed E-state index contributed by atoms with van der Waals surface area (Å²) < 4.78 is 19.8. The van der Waals surface area contributed by atoms with E-state index in [1.165, 1.54) is 23.1 Å². The van der Waals surface area contributed by atoms with Crippen LogP contribution in [0.1, 0.15) is 42.1 Å². The number of halogens is 1. The molecule has 0 saturated carbocycles. The van der Waals surface area contributed by atoms with E-state index in [4.69, 9.17) is 4.74 Å². The Morgan fingerprint density at radius 2 is 1.76 bits per heavy atom. The number of carbonyl (C=O) groups excluding carboxylic acids is 3. The van der Waals surface area contributed by atoms with Crippen molar-refractivity contribution in [1.29, 1.82) is 0 Å². The molecule has 1 unspecified atom stereocenters. The Morgan fingerprint density at radius 3 is 2.41 bits per heavy atom. The van der Waals surface area contributed by atoms with E-state index < -0.39 is 23.7 Å². The van der Waals surface area contributed by atoms with E-state index in [0.717, 1.165) is 10.5 Å². The van der Waals surface area contributed by atoms with Crippen LogP contribution in [0.2, 0.25) is 0 Å². The summed E-state index contributed by atoms with van der Waals surface area (Å²) in [6.07, 6.45) is -0.131. The third-order valence-corrected chi connectivity index (χ3v) is 6.44. The molecule has 0 N–H and O–H groups in total. The van der Waals surface area contributed by atoms with E-state index in [9.17, 15) is 18.8 Å². The molecule has 2 heterocycles. The molecule has 0 spiro atoms. The highest BCUT2D eigenvalue weighted by Crippen LogP contribution is 2.28. The first-order valence-electron chi connectivity index (χ1n) is 11.7. The third kappa shape index (κ3) is 5.03. The van der Waals surface area contributed by atoms with Gasteiger partial charge in [-0.3, -0.25) is 19.3 Å². The zero-order chi connectivity index (χ0) is 24.2. The summed E-state index contributed by atoms with van der Waals surface area (Å²) >= 11 is 0. The fourth-order valence-electron chi connectivity index (χ4n) is 4.40. The number of nitrogens with zero attached hydrogens (tertiary/aromatic N) is 3. The van der Waals surface area contributed by atoms with Crippen molar-refractivity contribution in [3.8, 4) is 0 Å². The van der Waals surface area contributed by atoms with Gasteiger partial charge in [-0.05, 0) is 35.7 Å². The van der Waals surface area contributed by atoms with Gasteiger partial charge in [0, 0.05) is 26.2 Å². The zero-order valence-electron chi connectivity index (χ0n) is 19.6. The van der Waals surface area contributed by atoms with Crippen molar-refractivity contribution in [3.63, 3.8) is 0 Å². The molecule has 1 atom stereocenters. The van der Waals surface area contributed by atoms with Crippen LogP contribution in [0.5, 0.6) is 0 Å². The van der Waals surface area contributed by atoms with Crippen molar-refractivity contribution in [3.05, 3.63) is 65.5 Å². The molecule has 2 fully saturated rings. The lowest BCUT2D eigenvalue weighted by atomic mass is 10.0. The molecule has 2 aliphatic heterocycles. The van der Waals surface area contributed by atoms with Crippen LogP contribution in [0.4, 0.5) is 10.1 Å². The van der Waals surface area contributed by atoms with Gasteiger partial charge in [-0.25, -0.2) is 9.29 Å². The molecule has 2 aliphatic rings. The first-order valence-corrected chi connectivity index (χ1v) is 11.7. The van der Waals surface area contributed by atoms with Gasteiger partial charge in [0.25, 0.3) is 11.8 Å². The molecule has 180 valence electrons. The summed E-state index contributed by atoms with van der Waals surface area (Å²) in [5.41, 5.74) is 1.47. The normalized spacial score (nSPS) is 19.2. The second-order valence-corrected chi connectivity index (χ2v) is 8.97. The fraction of sp³-hybridized carbons (Fsp3) is 0.423. The molecule has 0 aromatic heterocycles. The van der Waals surface area contributed by atoms with Crippen molar-refractivity contribution in [2.24, 2.45) is 0 Å². The number of hydrogen-bond acceptors (Lipinski definition) is 5. The van der Waals surface area contributed by atoms with Crippen LogP contribution in [0.25, 0.3) is 0 Å². The van der Waals surface area contributed by atoms with Gasteiger partial charge in [-0.1, -0.05) is 38.1 Å². The molecule has 3 amide bonds. The Labute approximate surface area is 199 Å². The number of carbonyl (C=O) groups is 3. The van der Waals surface area contributed by atoms with Gasteiger partial charge in [0.2, 0.25) is 5.91 Å². The van der Waals surface area contributed by atoms with Crippen molar-refractivity contribution < 1.29 is 23.5 Å². The Balaban J connectivity index is 1.59. The molecule has 2 aromatic rings. The van der Waals surface area contributed by atoms with Crippen LogP contribution in [0.3, 0.4) is 0 Å². The highest BCUT2D eigenvalue weighted by molar-refractivity contribution is 6.23. The Bertz CT molecular complexity index is 1050. The fourth-order valence-corrected chi connectivity index (χ4v) is 4.40. The summed E-state index contributed by atoms with van der Waals surface area (Å²) in [5.74, 6) is -1.75. The minimum absolute atomic E-state index is 0.107. The van der Waals surface area contributed by atoms with Crippen molar-refractivity contribution in [2.45, 2.75) is 32.2 Å². The van der Waals surface area contributed by atoms with Crippen LogP contribution >= 0.6 is 0 Å². The maximum atomic E-state index is 14.5. The molecular weight excluding hydrogens is 437 g/mol. The van der Waals surface area contributed by atoms with Gasteiger partial charge in [-0.2, -0.15) is 0 Å². The van der Waals surface area contributed by atoms with Gasteiger partial charge in [-0.15, -0.1) is 0 Å². The standard InChI is InChI=1S/C26H30FN3O4/c1-18(2)19-7-9-20(10-8-19)30-24(31)17-23(26(30)33)29(12-11-28-13-15-34-16-14-28)25(32)21-5-3-4-6-22(21)27/h3-10,18,23H,11-17H2,1-2H3. The molecule has 7 nitrogen and oxygen atoms in total. The number of morpholine rings is 1. The predicted octanol–water partition coefficient (Wildman–Crippen LogP) is 3.06. The van der Waals surface area contributed by atoms with Gasteiger partial charge < -0.3 is 9.64 Å². The Morgan fingerprint density at radius 1 is 1.09 bits per heavy atom. The first kappa shape index (κ1) is 24.0. The molecule has 2 saturated heterocycles. The van der Waals surface area contributed by atoms with Gasteiger partial charge in [0.1, 0.15) is 11.9 Å². The van der Waals surface area contributed by atoms with Crippen LogP contribution in [-0.2, 0) is 14.3 Å². The third-order valence-electron chi connectivity index (χ3n) is 6.44. The lowest BCUT2D eigenvalue weighted by Crippen LogP contribution is -2.49. The van der Waals surface area contributed by atoms with E-state index >= 15 is 0 Å². The molecule has 34 heavy (non-hydrogen) atoms. The summed E-state index contributed by atoms with van der Waals surface area (Å²) in [4.78, 5) is 44.4. The number of amides is 3. The second kappa shape index (κ2) is 10.4. The Kier molecular flexibility index (Phi) is 7.38. The summed E-state index contributed by atoms with van der Waals surface area (Å²) in [7, 11) is 0. The summed E-state index contributed by atoms with van der Waals surface area (Å²) in [5, 5.41) is 0. The van der Waals surface area contributed by atoms with E-state index in [2.05, 4.69) is 18.7 Å². The molecule has 0 aliphatic carbocycles. The average molecular weight is 468 g/mol. The van der Waals surface area contributed by atoms with Crippen LogP contribution in [0.15, 0.2) is 48.5 Å². The number of anilines is 1. The highest BCUT2D eigenvalue weighted by atomic mass is 19.1. The SMILES string of the molecule is CC(C)c1ccc(N2C(=O)CC(N(CCN3CCOCC3)C(=O)c3ccccc3F)C2=O)cc1. The van der Waals surface area contributed by atoms with Gasteiger partial charge >= 0.3 is 0 Å². The lowest BCUT2D eigenvalue weighted by molar-refractivity contribution is -0.122. The highest BCUT2D eigenvalue weighted by Gasteiger charge is 2.44. The predicted molar refractivity (Wildman–Crippen MR) is 126 cm³/mol. The van der Waals surface area contributed by atoms with Crippen LogP contribution < -0.4 is 4.90 Å². The van der Waals surface area contributed by atoms with E-state index in [1.54, 1.807) is 18.2 Å². The van der Waals surface area contributed by atoms with Crippen molar-refractivity contribution in [2.75, 3.05) is 44.3 Å². The molecule has 4 rings (SSSR count). The topological polar surface area (TPSA) is 70.2 Å². The smallest absolute Gasteiger partial charge is 0.257 e. The average Bonchev–Trinajstić information content (AvgIpc) is 3.13. The molecular formula is C26H30FN3O4. The summed E-state index contributed by atoms with van der Waals surface area (Å²) in [6.45, 7) is 7.48. The number of benzene rings is 2. The molecule has 0 radical (unpaired) electrons. The maximum absolute atomic E-state index is 14.5. The largest absolute Gasteiger partial charge is 0.379 e. The number of hydrogen-bond donors (Lipinski definition) is 0. The monoisotopic (exact) mass is 467 g/mol. The van der Waals surface area contributed by atoms with Gasteiger partial charge in [0.15, 0.2) is 0 Å². The molecule has 0 bridgehead atoms. The number of ether oxygens (including phenoxy) is 1. The van der Waals surface area contributed by atoms with Gasteiger partial charge in [0.05, 0.1) is 30.9 Å². The lowest BCUT2D eigenvalue weighted by Gasteiger charge is -2.32. The molecule has 8 heteroatoms. The van der Waals surface area contributed by atoms with E-state index in [1.807, 2.05) is 12.1 Å². The van der Waals surface area contributed by atoms with Crippen molar-refractivity contribution in [1.82, 2.24) is 9.80 Å². The van der Waals surface area contributed by atoms with Crippen LogP contribution in [-0.4, -0.2) is 73.0 Å². The number of imide groups is 1. The molecule has 2 aromatic carbocycles. The van der Waals surface area contributed by atoms with Crippen molar-refractivity contribution >= 4 is 23.4 Å². The maximum Gasteiger partial charge on any atom is 0.257 e. The van der Waals surface area contributed by atoms with E-state index in [-0.39, 0.29) is 24.4 Å².